The molecule has 0 bridgehead atoms. The Labute approximate surface area is 274 Å². The Morgan fingerprint density at radius 2 is 1.74 bits per heavy atom. The van der Waals surface area contributed by atoms with Crippen molar-refractivity contribution < 1.29 is 17.2 Å². The molecule has 2 N–H and O–H groups in total. The van der Waals surface area contributed by atoms with Crippen LogP contribution < -0.4 is 21.1 Å². The maximum Gasteiger partial charge on any atom is 0.407 e. The van der Waals surface area contributed by atoms with E-state index in [1.54, 1.807) is 17.7 Å². The number of carbonyl (C=O) groups is 2. The van der Waals surface area contributed by atoms with Crippen LogP contribution in [0.3, 0.4) is 0 Å². The molecule has 0 spiro atoms. The molecule has 1 saturated carbocycles. The molecule has 2 aliphatic rings. The van der Waals surface area contributed by atoms with Gasteiger partial charge in [-0.1, -0.05) is 26.7 Å². The van der Waals surface area contributed by atoms with Crippen molar-refractivity contribution in [1.29, 1.82) is 0 Å². The lowest BCUT2D eigenvalue weighted by Gasteiger charge is -2.36. The van der Waals surface area contributed by atoms with Crippen LogP contribution in [0.4, 0.5) is 22.2 Å². The monoisotopic (exact) mass is 638 g/mol. The minimum Gasteiger partial charge on any atom is -0.444 e. The van der Waals surface area contributed by atoms with Gasteiger partial charge in [0.15, 0.2) is 5.78 Å². The van der Waals surface area contributed by atoms with E-state index in [1.807, 2.05) is 52.9 Å². The summed E-state index contributed by atoms with van der Waals surface area (Å²) in [5.74, 6) is 0.728. The topological polar surface area (TPSA) is 135 Å². The zero-order valence-electron chi connectivity index (χ0n) is 28.5. The van der Waals surface area contributed by atoms with E-state index in [-0.39, 0.29) is 31.9 Å². The fourth-order valence-electron chi connectivity index (χ4n) is 6.11. The zero-order chi connectivity index (χ0) is 33.4. The number of pyridine rings is 2. The van der Waals surface area contributed by atoms with Crippen molar-refractivity contribution >= 4 is 40.4 Å². The number of aryl methyl sites for hydroxylation is 1. The van der Waals surface area contributed by atoms with Crippen molar-refractivity contribution in [3.05, 3.63) is 46.0 Å². The maximum atomic E-state index is 13.5. The molecular formula is C34H54N8O4. The minimum atomic E-state index is -0.490. The molecule has 12 heteroatoms. The van der Waals surface area contributed by atoms with Crippen molar-refractivity contribution in [3.63, 3.8) is 0 Å². The molecule has 1 saturated heterocycles. The summed E-state index contributed by atoms with van der Waals surface area (Å²) in [5, 5.41) is 6.73. The first-order valence-electron chi connectivity index (χ1n) is 16.6. The predicted molar refractivity (Wildman–Crippen MR) is 187 cm³/mol. The van der Waals surface area contributed by atoms with E-state index in [9.17, 15) is 14.4 Å². The molecule has 254 valence electrons. The van der Waals surface area contributed by atoms with Crippen LogP contribution in [-0.2, 0) is 4.74 Å². The van der Waals surface area contributed by atoms with Crippen molar-refractivity contribution in [1.82, 2.24) is 29.7 Å². The number of ether oxygens (including phenoxy) is 1. The highest BCUT2D eigenvalue weighted by Crippen LogP contribution is 2.32. The first kappa shape index (κ1) is 34.8. The number of Topliss-reactive ketones (excluding diaryl/α,β-unsaturated/α-hetero) is 1. The quantitative estimate of drug-likeness (QED) is 0.209. The number of carbonyl (C=O) groups excluding carboxylic acids is 2. The van der Waals surface area contributed by atoms with Crippen molar-refractivity contribution in [2.24, 2.45) is 0 Å². The standard InChI is InChI=1S/C32H44N8O4.C2H6.2H2/c1-21-25-20-35-30(37-28(25)40(23-9-6-7-10-23)29(42)27(21)22(2)41)36-26-12-11-24(19-34-26)39-17-15-38(16-18-39)14-8-13-33-31(43)44-32(3,4)5;1-2;;/h11-12,19-20,23H,6-10,13-18H2,1-5H3,(H,33,43)(H,34,35,36,37);1-2H3;2*1H. The number of nitrogens with zero attached hydrogens (tertiary/aromatic N) is 6. The highest BCUT2D eigenvalue weighted by molar-refractivity contribution is 5.99. The molecule has 0 atom stereocenters. The smallest absolute Gasteiger partial charge is 0.407 e. The van der Waals surface area contributed by atoms with Crippen LogP contribution in [0.25, 0.3) is 11.0 Å². The maximum absolute atomic E-state index is 13.5. The molecule has 46 heavy (non-hydrogen) atoms. The average Bonchev–Trinajstić information content (AvgIpc) is 3.55. The largest absolute Gasteiger partial charge is 0.444 e. The third-order valence-electron chi connectivity index (χ3n) is 8.29. The fourth-order valence-corrected chi connectivity index (χ4v) is 6.11. The minimum absolute atomic E-state index is 0. The number of anilines is 3. The summed E-state index contributed by atoms with van der Waals surface area (Å²) in [5.41, 5.74) is 1.69. The fraction of sp³-hybridized carbons (Fsp3) is 0.588. The van der Waals surface area contributed by atoms with Gasteiger partial charge in [-0.15, -0.1) is 0 Å². The Kier molecular flexibility index (Phi) is 11.7. The predicted octanol–water partition coefficient (Wildman–Crippen LogP) is 6.11. The van der Waals surface area contributed by atoms with Gasteiger partial charge in [-0.25, -0.2) is 14.8 Å². The summed E-state index contributed by atoms with van der Waals surface area (Å²) >= 11 is 0. The van der Waals surface area contributed by atoms with E-state index in [1.165, 1.54) is 6.92 Å². The summed E-state index contributed by atoms with van der Waals surface area (Å²) in [7, 11) is 0. The van der Waals surface area contributed by atoms with Crippen LogP contribution in [0.15, 0.2) is 29.3 Å². The Morgan fingerprint density at radius 3 is 2.35 bits per heavy atom. The molecule has 3 aromatic rings. The normalized spacial score (nSPS) is 15.8. The molecule has 0 unspecified atom stereocenters. The molecule has 12 nitrogen and oxygen atoms in total. The molecule has 0 radical (unpaired) electrons. The van der Waals surface area contributed by atoms with E-state index in [2.05, 4.69) is 30.4 Å². The molecule has 3 aromatic heterocycles. The zero-order valence-corrected chi connectivity index (χ0v) is 28.5. The third-order valence-corrected chi connectivity index (χ3v) is 8.29. The number of amides is 1. The first-order chi connectivity index (χ1) is 22.0. The molecule has 1 aliphatic heterocycles. The number of fused-ring (bicyclic) bond motifs is 1. The second-order valence-electron chi connectivity index (χ2n) is 12.7. The average molecular weight is 639 g/mol. The lowest BCUT2D eigenvalue weighted by Crippen LogP contribution is -2.47. The number of hydrogen-bond donors (Lipinski definition) is 2. The molecule has 1 aliphatic carbocycles. The molecule has 1 amide bonds. The number of hydrogen-bond acceptors (Lipinski definition) is 10. The van der Waals surface area contributed by atoms with E-state index in [0.717, 1.165) is 70.5 Å². The third kappa shape index (κ3) is 8.60. The Morgan fingerprint density at radius 1 is 1.04 bits per heavy atom. The first-order valence-corrected chi connectivity index (χ1v) is 16.6. The summed E-state index contributed by atoms with van der Waals surface area (Å²) in [4.78, 5) is 56.2. The second-order valence-corrected chi connectivity index (χ2v) is 12.7. The van der Waals surface area contributed by atoms with Gasteiger partial charge < -0.3 is 20.3 Å². The summed E-state index contributed by atoms with van der Waals surface area (Å²) in [6, 6.07) is 3.97. The number of rotatable bonds is 9. The van der Waals surface area contributed by atoms with E-state index >= 15 is 0 Å². The molecule has 2 fully saturated rings. The lowest BCUT2D eigenvalue weighted by atomic mass is 10.0. The number of ketones is 1. The molecule has 5 rings (SSSR count). The Hall–Kier alpha value is -4.06. The number of nitrogens with one attached hydrogen (secondary N) is 2. The van der Waals surface area contributed by atoms with Crippen LogP contribution in [0.1, 0.15) is 98.5 Å². The highest BCUT2D eigenvalue weighted by Gasteiger charge is 2.26. The van der Waals surface area contributed by atoms with Crippen LogP contribution in [-0.4, -0.2) is 81.2 Å². The van der Waals surface area contributed by atoms with Gasteiger partial charge in [0.25, 0.3) is 5.56 Å². The van der Waals surface area contributed by atoms with Gasteiger partial charge in [0.1, 0.15) is 17.1 Å². The van der Waals surface area contributed by atoms with Gasteiger partial charge in [-0.05, 0) is 78.1 Å². The van der Waals surface area contributed by atoms with E-state index in [0.29, 0.717) is 34.9 Å². The lowest BCUT2D eigenvalue weighted by molar-refractivity contribution is 0.0525. The van der Waals surface area contributed by atoms with Crippen LogP contribution >= 0.6 is 0 Å². The van der Waals surface area contributed by atoms with Crippen LogP contribution in [0.5, 0.6) is 0 Å². The highest BCUT2D eigenvalue weighted by atomic mass is 16.6. The van der Waals surface area contributed by atoms with Crippen molar-refractivity contribution in [2.45, 2.75) is 92.2 Å². The Balaban J connectivity index is 0.00000196. The van der Waals surface area contributed by atoms with Crippen LogP contribution in [0.2, 0.25) is 0 Å². The number of alkyl carbamates (subject to hydrolysis) is 1. The molecule has 4 heterocycles. The molecular weight excluding hydrogens is 584 g/mol. The van der Waals surface area contributed by atoms with Crippen molar-refractivity contribution in [2.75, 3.05) is 49.5 Å². The second kappa shape index (κ2) is 15.5. The number of aromatic nitrogens is 4. The summed E-state index contributed by atoms with van der Waals surface area (Å²) < 4.78 is 7.00. The Bertz CT molecular complexity index is 1560. The SMILES string of the molecule is CC.CC(=O)c1c(C)c2cnc(Nc3ccc(N4CCN(CCCNC(=O)OC(C)(C)C)CC4)cn3)nc2n(C2CCCC2)c1=O.[HH].[HH]. The van der Waals surface area contributed by atoms with Gasteiger partial charge in [-0.3, -0.25) is 19.1 Å². The van der Waals surface area contributed by atoms with E-state index < -0.39 is 5.60 Å². The van der Waals surface area contributed by atoms with Crippen molar-refractivity contribution in [3.8, 4) is 0 Å². The molecule has 0 aromatic carbocycles. The van der Waals surface area contributed by atoms with Gasteiger partial charge in [0, 0.05) is 53.2 Å². The van der Waals surface area contributed by atoms with Gasteiger partial charge in [-0.2, -0.15) is 4.98 Å². The summed E-state index contributed by atoms with van der Waals surface area (Å²) in [6.45, 7) is 18.0. The number of piperazine rings is 1. The summed E-state index contributed by atoms with van der Waals surface area (Å²) in [6.07, 6.45) is 7.93. The van der Waals surface area contributed by atoms with Gasteiger partial charge in [0.2, 0.25) is 5.95 Å². The van der Waals surface area contributed by atoms with Gasteiger partial charge >= 0.3 is 6.09 Å². The van der Waals surface area contributed by atoms with Gasteiger partial charge in [0.05, 0.1) is 17.4 Å². The van der Waals surface area contributed by atoms with E-state index in [4.69, 9.17) is 9.72 Å². The van der Waals surface area contributed by atoms with Crippen LogP contribution in [0, 0.1) is 6.92 Å².